The number of aryl methyl sites for hydroxylation is 1. The van der Waals surface area contributed by atoms with E-state index in [-0.39, 0.29) is 11.3 Å². The first-order chi connectivity index (χ1) is 6.59. The van der Waals surface area contributed by atoms with Gasteiger partial charge < -0.3 is 4.42 Å². The van der Waals surface area contributed by atoms with Crippen molar-refractivity contribution in [2.75, 3.05) is 12.1 Å². The largest absolute Gasteiger partial charge is 0.437 e. The molecule has 0 fully saturated rings. The number of hydrogen-bond acceptors (Lipinski definition) is 5. The van der Waals surface area contributed by atoms with Crippen LogP contribution in [0.1, 0.15) is 5.56 Å². The lowest BCUT2D eigenvalue weighted by Crippen LogP contribution is -2.12. The van der Waals surface area contributed by atoms with Crippen molar-refractivity contribution < 1.29 is 9.62 Å². The highest BCUT2D eigenvalue weighted by Crippen LogP contribution is 2.25. The van der Waals surface area contributed by atoms with E-state index in [1.165, 1.54) is 24.5 Å². The van der Waals surface area contributed by atoms with E-state index in [4.69, 9.17) is 9.62 Å². The Bertz CT molecular complexity index is 526. The number of rotatable bonds is 1. The molecule has 0 amide bonds. The van der Waals surface area contributed by atoms with Crippen LogP contribution < -0.4 is 10.5 Å². The third kappa shape index (κ3) is 1.30. The molecule has 0 aromatic carbocycles. The van der Waals surface area contributed by atoms with E-state index in [9.17, 15) is 4.79 Å². The van der Waals surface area contributed by atoms with Gasteiger partial charge in [-0.2, -0.15) is 0 Å². The summed E-state index contributed by atoms with van der Waals surface area (Å²) >= 11 is 1.35. The molecular formula is C9H9NO3S. The number of hydroxylamine groups is 1. The van der Waals surface area contributed by atoms with Crippen molar-refractivity contribution in [3.05, 3.63) is 27.2 Å². The molecule has 14 heavy (non-hydrogen) atoms. The Hall–Kier alpha value is -1.33. The van der Waals surface area contributed by atoms with Crippen molar-refractivity contribution >= 4 is 27.5 Å². The molecule has 0 atom stereocenters. The van der Waals surface area contributed by atoms with Crippen molar-refractivity contribution in [3.8, 4) is 0 Å². The van der Waals surface area contributed by atoms with Gasteiger partial charge in [-0.25, -0.2) is 5.06 Å². The lowest BCUT2D eigenvalue weighted by Gasteiger charge is -2.07. The van der Waals surface area contributed by atoms with Gasteiger partial charge in [0.2, 0.25) is 11.3 Å². The highest BCUT2D eigenvalue weighted by Gasteiger charge is 2.10. The zero-order valence-electron chi connectivity index (χ0n) is 7.77. The van der Waals surface area contributed by atoms with Crippen LogP contribution >= 0.6 is 11.3 Å². The second kappa shape index (κ2) is 3.11. The first kappa shape index (κ1) is 9.23. The summed E-state index contributed by atoms with van der Waals surface area (Å²) < 4.78 is 5.95. The van der Waals surface area contributed by atoms with Crippen molar-refractivity contribution in [3.63, 3.8) is 0 Å². The lowest BCUT2D eigenvalue weighted by atomic mass is 10.3. The fraction of sp³-hybridized carbons (Fsp3) is 0.222. The molecule has 0 unspecified atom stereocenters. The maximum Gasteiger partial charge on any atom is 0.223 e. The maximum absolute atomic E-state index is 11.5. The van der Waals surface area contributed by atoms with Crippen molar-refractivity contribution in [1.29, 1.82) is 0 Å². The third-order valence-electron chi connectivity index (χ3n) is 1.92. The molecule has 0 aliphatic carbocycles. The van der Waals surface area contributed by atoms with Crippen LogP contribution in [0, 0.1) is 6.92 Å². The molecule has 0 bridgehead atoms. The average Bonchev–Trinajstić information content (AvgIpc) is 2.48. The van der Waals surface area contributed by atoms with Crippen LogP contribution in [0.15, 0.2) is 20.7 Å². The highest BCUT2D eigenvalue weighted by atomic mass is 32.1. The molecule has 0 saturated heterocycles. The van der Waals surface area contributed by atoms with Gasteiger partial charge in [-0.05, 0) is 12.3 Å². The van der Waals surface area contributed by atoms with Gasteiger partial charge in [0.1, 0.15) is 4.70 Å². The molecule has 0 saturated carbocycles. The lowest BCUT2D eigenvalue weighted by molar-refractivity contribution is 0.258. The summed E-state index contributed by atoms with van der Waals surface area (Å²) in [6.45, 7) is 1.86. The van der Waals surface area contributed by atoms with E-state index in [1.54, 1.807) is 0 Å². The zero-order valence-corrected chi connectivity index (χ0v) is 8.59. The Morgan fingerprint density at radius 1 is 1.57 bits per heavy atom. The van der Waals surface area contributed by atoms with Gasteiger partial charge in [0.15, 0.2) is 5.58 Å². The standard InChI is InChI=1S/C9H9NO3S/c1-5-4-14-9-6(11)3-7(10(2)12)13-8(5)9/h3-4,12H,1-2H3. The van der Waals surface area contributed by atoms with E-state index in [0.717, 1.165) is 10.6 Å². The molecule has 2 heterocycles. The minimum absolute atomic E-state index is 0.125. The van der Waals surface area contributed by atoms with Crippen LogP contribution in [-0.4, -0.2) is 12.3 Å². The average molecular weight is 211 g/mol. The third-order valence-corrected chi connectivity index (χ3v) is 3.02. The van der Waals surface area contributed by atoms with Gasteiger partial charge in [0, 0.05) is 18.7 Å². The fourth-order valence-corrected chi connectivity index (χ4v) is 2.09. The summed E-state index contributed by atoms with van der Waals surface area (Å²) in [6, 6.07) is 1.28. The molecular weight excluding hydrogens is 202 g/mol. The van der Waals surface area contributed by atoms with Crippen molar-refractivity contribution in [2.24, 2.45) is 0 Å². The minimum Gasteiger partial charge on any atom is -0.437 e. The monoisotopic (exact) mass is 211 g/mol. The van der Waals surface area contributed by atoms with Gasteiger partial charge in [0.05, 0.1) is 0 Å². The molecule has 0 aliphatic heterocycles. The van der Waals surface area contributed by atoms with E-state index < -0.39 is 0 Å². The topological polar surface area (TPSA) is 53.7 Å². The number of fused-ring (bicyclic) bond motifs is 1. The normalized spacial score (nSPS) is 10.8. The maximum atomic E-state index is 11.5. The summed E-state index contributed by atoms with van der Waals surface area (Å²) in [5.41, 5.74) is 1.34. The molecule has 5 heteroatoms. The summed E-state index contributed by atoms with van der Waals surface area (Å²) in [6.07, 6.45) is 0. The molecule has 74 valence electrons. The highest BCUT2D eigenvalue weighted by molar-refractivity contribution is 7.17. The SMILES string of the molecule is Cc1csc2c(=O)cc(N(C)O)oc12. The second-order valence-electron chi connectivity index (χ2n) is 3.05. The first-order valence-electron chi connectivity index (χ1n) is 4.04. The predicted molar refractivity (Wildman–Crippen MR) is 55.3 cm³/mol. The fourth-order valence-electron chi connectivity index (χ4n) is 1.20. The molecule has 0 aliphatic rings. The van der Waals surface area contributed by atoms with Crippen LogP contribution in [0.3, 0.4) is 0 Å². The number of hydrogen-bond donors (Lipinski definition) is 1. The van der Waals surface area contributed by atoms with E-state index in [2.05, 4.69) is 0 Å². The summed E-state index contributed by atoms with van der Waals surface area (Å²) in [7, 11) is 1.41. The Morgan fingerprint density at radius 3 is 2.93 bits per heavy atom. The van der Waals surface area contributed by atoms with E-state index in [0.29, 0.717) is 10.3 Å². The Labute approximate surface area is 84.0 Å². The molecule has 2 aromatic rings. The van der Waals surface area contributed by atoms with Gasteiger partial charge in [-0.15, -0.1) is 11.3 Å². The van der Waals surface area contributed by atoms with Crippen LogP contribution in [0.25, 0.3) is 10.3 Å². The Kier molecular flexibility index (Phi) is 2.05. The minimum atomic E-state index is -0.125. The van der Waals surface area contributed by atoms with Gasteiger partial charge in [-0.3, -0.25) is 10.0 Å². The van der Waals surface area contributed by atoms with Gasteiger partial charge >= 0.3 is 0 Å². The molecule has 2 aromatic heterocycles. The van der Waals surface area contributed by atoms with E-state index in [1.807, 2.05) is 12.3 Å². The Morgan fingerprint density at radius 2 is 2.29 bits per heavy atom. The smallest absolute Gasteiger partial charge is 0.223 e. The zero-order chi connectivity index (χ0) is 10.3. The van der Waals surface area contributed by atoms with Gasteiger partial charge in [-0.1, -0.05) is 0 Å². The van der Waals surface area contributed by atoms with Crippen molar-refractivity contribution in [2.45, 2.75) is 6.92 Å². The Balaban J connectivity index is 2.82. The second-order valence-corrected chi connectivity index (χ2v) is 3.93. The summed E-state index contributed by atoms with van der Waals surface area (Å²) in [5.74, 6) is 0.156. The molecule has 4 nitrogen and oxygen atoms in total. The van der Waals surface area contributed by atoms with E-state index >= 15 is 0 Å². The van der Waals surface area contributed by atoms with Crippen LogP contribution in [-0.2, 0) is 0 Å². The molecule has 1 N–H and O–H groups in total. The summed E-state index contributed by atoms with van der Waals surface area (Å²) in [4.78, 5) is 11.5. The predicted octanol–water partition coefficient (Wildman–Crippen LogP) is 1.99. The molecule has 0 radical (unpaired) electrons. The number of thiophene rings is 1. The van der Waals surface area contributed by atoms with Gasteiger partial charge in [0.25, 0.3) is 0 Å². The molecule has 2 rings (SSSR count). The quantitative estimate of drug-likeness (QED) is 0.733. The van der Waals surface area contributed by atoms with Crippen LogP contribution in [0.5, 0.6) is 0 Å². The summed E-state index contributed by atoms with van der Waals surface area (Å²) in [5, 5.41) is 11.8. The van der Waals surface area contributed by atoms with Crippen molar-refractivity contribution in [1.82, 2.24) is 0 Å². The molecule has 0 spiro atoms. The van der Waals surface area contributed by atoms with Crippen LogP contribution in [0.2, 0.25) is 0 Å². The van der Waals surface area contributed by atoms with Crippen LogP contribution in [0.4, 0.5) is 5.88 Å². The number of nitrogens with zero attached hydrogens (tertiary/aromatic N) is 1. The number of anilines is 1. The first-order valence-corrected chi connectivity index (χ1v) is 4.92.